The van der Waals surface area contributed by atoms with Crippen LogP contribution in [0.15, 0.2) is 47.8 Å². The highest BCUT2D eigenvalue weighted by molar-refractivity contribution is 7.13. The van der Waals surface area contributed by atoms with Gasteiger partial charge in [0.05, 0.1) is 16.7 Å². The molecule has 0 unspecified atom stereocenters. The van der Waals surface area contributed by atoms with E-state index in [4.69, 9.17) is 0 Å². The highest BCUT2D eigenvalue weighted by Crippen LogP contribution is 2.26. The molecule has 1 N–H and O–H groups in total. The maximum Gasteiger partial charge on any atom is 0.293 e. The molecule has 2 aromatic heterocycles. The minimum absolute atomic E-state index is 0.181. The van der Waals surface area contributed by atoms with E-state index in [1.165, 1.54) is 0 Å². The van der Waals surface area contributed by atoms with Crippen molar-refractivity contribution in [2.24, 2.45) is 0 Å². The molecule has 1 aliphatic heterocycles. The minimum Gasteiger partial charge on any atom is -0.393 e. The van der Waals surface area contributed by atoms with Gasteiger partial charge in [0, 0.05) is 13.1 Å². The monoisotopic (exact) mass is 354 g/mol. The van der Waals surface area contributed by atoms with Gasteiger partial charge in [0.2, 0.25) is 5.82 Å². The second kappa shape index (κ2) is 6.78. The Bertz CT molecular complexity index is 853. The minimum atomic E-state index is -0.319. The van der Waals surface area contributed by atoms with E-state index in [0.717, 1.165) is 10.6 Å². The zero-order valence-electron chi connectivity index (χ0n) is 13.6. The van der Waals surface area contributed by atoms with Crippen LogP contribution in [-0.4, -0.2) is 49.9 Å². The largest absolute Gasteiger partial charge is 0.393 e. The lowest BCUT2D eigenvalue weighted by Crippen LogP contribution is -2.40. The van der Waals surface area contributed by atoms with E-state index >= 15 is 0 Å². The number of aromatic nitrogens is 3. The van der Waals surface area contributed by atoms with E-state index in [-0.39, 0.29) is 17.8 Å². The van der Waals surface area contributed by atoms with Crippen LogP contribution in [-0.2, 0) is 0 Å². The third kappa shape index (κ3) is 3.20. The molecule has 25 heavy (non-hydrogen) atoms. The highest BCUT2D eigenvalue weighted by atomic mass is 32.1. The number of piperidine rings is 1. The zero-order chi connectivity index (χ0) is 17.2. The van der Waals surface area contributed by atoms with Gasteiger partial charge < -0.3 is 10.0 Å². The van der Waals surface area contributed by atoms with Crippen molar-refractivity contribution in [1.29, 1.82) is 0 Å². The molecule has 1 saturated heterocycles. The molecule has 1 amide bonds. The van der Waals surface area contributed by atoms with Crippen LogP contribution >= 0.6 is 11.3 Å². The van der Waals surface area contributed by atoms with Crippen LogP contribution < -0.4 is 0 Å². The number of aliphatic hydroxyl groups is 1. The molecule has 128 valence electrons. The Morgan fingerprint density at radius 3 is 2.56 bits per heavy atom. The molecule has 6 nitrogen and oxygen atoms in total. The maximum atomic E-state index is 12.8. The summed E-state index contributed by atoms with van der Waals surface area (Å²) in [5.41, 5.74) is 0.867. The predicted octanol–water partition coefficient (Wildman–Crippen LogP) is 2.59. The first-order valence-electron chi connectivity index (χ1n) is 8.26. The van der Waals surface area contributed by atoms with E-state index < -0.39 is 0 Å². The van der Waals surface area contributed by atoms with Crippen LogP contribution in [0.25, 0.3) is 16.4 Å². The van der Waals surface area contributed by atoms with Crippen LogP contribution in [0.3, 0.4) is 0 Å². The van der Waals surface area contributed by atoms with Crippen molar-refractivity contribution in [3.8, 4) is 16.4 Å². The number of aliphatic hydroxyl groups excluding tert-OH is 1. The van der Waals surface area contributed by atoms with E-state index in [0.29, 0.717) is 31.8 Å². The van der Waals surface area contributed by atoms with Gasteiger partial charge in [-0.25, -0.2) is 9.67 Å². The Kier molecular flexibility index (Phi) is 4.33. The lowest BCUT2D eigenvalue weighted by molar-refractivity contribution is 0.0536. The van der Waals surface area contributed by atoms with Gasteiger partial charge in [-0.15, -0.1) is 16.4 Å². The van der Waals surface area contributed by atoms with Crippen LogP contribution in [0.5, 0.6) is 0 Å². The fourth-order valence-electron chi connectivity index (χ4n) is 2.93. The van der Waals surface area contributed by atoms with Gasteiger partial charge in [-0.3, -0.25) is 4.79 Å². The summed E-state index contributed by atoms with van der Waals surface area (Å²) in [5.74, 6) is 0.685. The molecule has 0 bridgehead atoms. The standard InChI is InChI=1S/C18H18N4O2S/c23-14-8-10-21(11-9-14)18(24)16-19-17(15-7-4-12-25-15)22(20-16)13-5-2-1-3-6-13/h1-7,12,14,23H,8-11H2. The number of amides is 1. The van der Waals surface area contributed by atoms with Crippen LogP contribution in [0.1, 0.15) is 23.5 Å². The number of carbonyl (C=O) groups excluding carboxylic acids is 1. The van der Waals surface area contributed by atoms with Crippen molar-refractivity contribution in [2.75, 3.05) is 13.1 Å². The molecule has 0 aliphatic carbocycles. The number of nitrogens with zero attached hydrogens (tertiary/aromatic N) is 4. The molecule has 7 heteroatoms. The third-order valence-corrected chi connectivity index (χ3v) is 5.16. The summed E-state index contributed by atoms with van der Waals surface area (Å²) in [4.78, 5) is 20.0. The molecule has 0 radical (unpaired) electrons. The summed E-state index contributed by atoms with van der Waals surface area (Å²) in [6, 6.07) is 13.6. The number of likely N-dealkylation sites (tertiary alicyclic amines) is 1. The third-order valence-electron chi connectivity index (χ3n) is 4.29. The molecular weight excluding hydrogens is 336 g/mol. The highest BCUT2D eigenvalue weighted by Gasteiger charge is 2.27. The van der Waals surface area contributed by atoms with Gasteiger partial charge in [0.25, 0.3) is 5.91 Å². The van der Waals surface area contributed by atoms with Crippen molar-refractivity contribution in [1.82, 2.24) is 19.7 Å². The Morgan fingerprint density at radius 1 is 1.12 bits per heavy atom. The molecule has 0 spiro atoms. The SMILES string of the molecule is O=C(c1nc(-c2cccs2)n(-c2ccccc2)n1)N1CCC(O)CC1. The smallest absolute Gasteiger partial charge is 0.293 e. The van der Waals surface area contributed by atoms with E-state index in [1.54, 1.807) is 20.9 Å². The number of hydrogen-bond acceptors (Lipinski definition) is 5. The molecule has 0 saturated carbocycles. The van der Waals surface area contributed by atoms with Crippen LogP contribution in [0.2, 0.25) is 0 Å². The molecular formula is C18H18N4O2S. The first kappa shape index (κ1) is 16.0. The number of para-hydroxylation sites is 1. The molecule has 1 aromatic carbocycles. The van der Waals surface area contributed by atoms with Gasteiger partial charge in [-0.05, 0) is 36.4 Å². The fraction of sp³-hybridized carbons (Fsp3) is 0.278. The summed E-state index contributed by atoms with van der Waals surface area (Å²) < 4.78 is 1.72. The van der Waals surface area contributed by atoms with Gasteiger partial charge in [-0.2, -0.15) is 0 Å². The van der Waals surface area contributed by atoms with E-state index in [9.17, 15) is 9.90 Å². The summed E-state index contributed by atoms with van der Waals surface area (Å²) in [6.45, 7) is 1.07. The van der Waals surface area contributed by atoms with Crippen molar-refractivity contribution in [3.05, 3.63) is 53.7 Å². The topological polar surface area (TPSA) is 71.2 Å². The average Bonchev–Trinajstić information content (AvgIpc) is 3.32. The van der Waals surface area contributed by atoms with Gasteiger partial charge in [-0.1, -0.05) is 24.3 Å². The first-order valence-corrected chi connectivity index (χ1v) is 9.14. The first-order chi connectivity index (χ1) is 12.2. The molecule has 3 aromatic rings. The Balaban J connectivity index is 1.71. The van der Waals surface area contributed by atoms with E-state index in [2.05, 4.69) is 10.1 Å². The quantitative estimate of drug-likeness (QED) is 0.785. The number of thiophene rings is 1. The second-order valence-corrected chi connectivity index (χ2v) is 6.95. The number of carbonyl (C=O) groups is 1. The Labute approximate surface area is 149 Å². The van der Waals surface area contributed by atoms with Crippen LogP contribution in [0, 0.1) is 0 Å². The van der Waals surface area contributed by atoms with Crippen molar-refractivity contribution < 1.29 is 9.90 Å². The summed E-state index contributed by atoms with van der Waals surface area (Å²) in [6.07, 6.45) is 0.881. The Hall–Kier alpha value is -2.51. The molecule has 1 aliphatic rings. The maximum absolute atomic E-state index is 12.8. The summed E-state index contributed by atoms with van der Waals surface area (Å²) in [7, 11) is 0. The summed E-state index contributed by atoms with van der Waals surface area (Å²) >= 11 is 1.56. The fourth-order valence-corrected chi connectivity index (χ4v) is 3.63. The second-order valence-electron chi connectivity index (χ2n) is 6.01. The molecule has 3 heterocycles. The van der Waals surface area contributed by atoms with Crippen molar-refractivity contribution in [2.45, 2.75) is 18.9 Å². The number of hydrogen-bond donors (Lipinski definition) is 1. The molecule has 4 rings (SSSR count). The predicted molar refractivity (Wildman–Crippen MR) is 95.8 cm³/mol. The lowest BCUT2D eigenvalue weighted by atomic mass is 10.1. The number of benzene rings is 1. The summed E-state index contributed by atoms with van der Waals surface area (Å²) in [5, 5.41) is 16.1. The number of rotatable bonds is 3. The van der Waals surface area contributed by atoms with Crippen molar-refractivity contribution >= 4 is 17.2 Å². The van der Waals surface area contributed by atoms with E-state index in [1.807, 2.05) is 47.8 Å². The van der Waals surface area contributed by atoms with Crippen LogP contribution in [0.4, 0.5) is 0 Å². The lowest BCUT2D eigenvalue weighted by Gasteiger charge is -2.28. The molecule has 1 fully saturated rings. The average molecular weight is 354 g/mol. The van der Waals surface area contributed by atoms with Gasteiger partial charge in [0.15, 0.2) is 5.82 Å². The zero-order valence-corrected chi connectivity index (χ0v) is 14.4. The Morgan fingerprint density at radius 2 is 1.88 bits per heavy atom. The normalized spacial score (nSPS) is 15.5. The van der Waals surface area contributed by atoms with Gasteiger partial charge in [0.1, 0.15) is 0 Å². The molecule has 0 atom stereocenters. The van der Waals surface area contributed by atoms with Crippen molar-refractivity contribution in [3.63, 3.8) is 0 Å². The van der Waals surface area contributed by atoms with Gasteiger partial charge >= 0.3 is 0 Å².